The topological polar surface area (TPSA) is 111 Å². The second-order valence-electron chi connectivity index (χ2n) is 8.99. The molecule has 2 heterocycles. The molecule has 0 atom stereocenters. The van der Waals surface area contributed by atoms with Crippen molar-refractivity contribution in [3.8, 4) is 0 Å². The SMILES string of the molecule is Cc1noc2nc(CCCNCCCNC(=O)OC(C)(C)C)n(Cc3ccccc3)c(=O)c12. The molecule has 3 aromatic rings. The summed E-state index contributed by atoms with van der Waals surface area (Å²) in [4.78, 5) is 29.4. The highest BCUT2D eigenvalue weighted by Gasteiger charge is 2.17. The Morgan fingerprint density at radius 1 is 1.12 bits per heavy atom. The van der Waals surface area contributed by atoms with Crippen molar-refractivity contribution >= 4 is 17.2 Å². The van der Waals surface area contributed by atoms with E-state index in [4.69, 9.17) is 9.26 Å². The first-order chi connectivity index (χ1) is 15.7. The molecule has 178 valence electrons. The third-order valence-corrected chi connectivity index (χ3v) is 4.98. The fourth-order valence-electron chi connectivity index (χ4n) is 3.44. The molecule has 0 aliphatic carbocycles. The van der Waals surface area contributed by atoms with E-state index in [1.807, 2.05) is 51.1 Å². The van der Waals surface area contributed by atoms with E-state index >= 15 is 0 Å². The van der Waals surface area contributed by atoms with Gasteiger partial charge >= 0.3 is 6.09 Å². The highest BCUT2D eigenvalue weighted by Crippen LogP contribution is 2.14. The van der Waals surface area contributed by atoms with Gasteiger partial charge < -0.3 is 19.9 Å². The van der Waals surface area contributed by atoms with Crippen molar-refractivity contribution in [2.45, 2.75) is 59.1 Å². The zero-order chi connectivity index (χ0) is 23.8. The lowest BCUT2D eigenvalue weighted by Gasteiger charge is -2.19. The molecule has 3 rings (SSSR count). The van der Waals surface area contributed by atoms with E-state index in [1.54, 1.807) is 11.5 Å². The zero-order valence-corrected chi connectivity index (χ0v) is 19.8. The van der Waals surface area contributed by atoms with Crippen molar-refractivity contribution in [3.63, 3.8) is 0 Å². The number of aromatic nitrogens is 3. The highest BCUT2D eigenvalue weighted by molar-refractivity contribution is 5.74. The summed E-state index contributed by atoms with van der Waals surface area (Å²) < 4.78 is 12.2. The fourth-order valence-corrected chi connectivity index (χ4v) is 3.44. The lowest BCUT2D eigenvalue weighted by atomic mass is 10.2. The zero-order valence-electron chi connectivity index (χ0n) is 19.8. The van der Waals surface area contributed by atoms with Crippen LogP contribution in [0.25, 0.3) is 11.1 Å². The molecule has 0 radical (unpaired) electrons. The quantitative estimate of drug-likeness (QED) is 0.452. The maximum atomic E-state index is 13.1. The maximum absolute atomic E-state index is 13.1. The largest absolute Gasteiger partial charge is 0.444 e. The highest BCUT2D eigenvalue weighted by atomic mass is 16.6. The van der Waals surface area contributed by atoms with Gasteiger partial charge in [-0.3, -0.25) is 9.36 Å². The van der Waals surface area contributed by atoms with Crippen molar-refractivity contribution in [3.05, 3.63) is 57.8 Å². The molecule has 0 saturated heterocycles. The number of benzene rings is 1. The standard InChI is InChI=1S/C24H33N5O4/c1-17-20-21(33-28-17)27-19(29(22(20)30)16-18-10-6-5-7-11-18)12-8-13-25-14-9-15-26-23(31)32-24(2,3)4/h5-7,10-11,25H,8-9,12-16H2,1-4H3,(H,26,31). The number of rotatable bonds is 10. The van der Waals surface area contributed by atoms with Gasteiger partial charge in [-0.1, -0.05) is 35.5 Å². The van der Waals surface area contributed by atoms with E-state index in [0.29, 0.717) is 36.4 Å². The van der Waals surface area contributed by atoms with Crippen molar-refractivity contribution < 1.29 is 14.1 Å². The monoisotopic (exact) mass is 455 g/mol. The molecule has 9 nitrogen and oxygen atoms in total. The molecule has 2 aromatic heterocycles. The molecule has 9 heteroatoms. The fraction of sp³-hybridized carbons (Fsp3) is 0.500. The molecule has 0 saturated carbocycles. The summed E-state index contributed by atoms with van der Waals surface area (Å²) in [6.45, 7) is 9.79. The van der Waals surface area contributed by atoms with Gasteiger partial charge in [0.15, 0.2) is 0 Å². The summed E-state index contributed by atoms with van der Waals surface area (Å²) in [5, 5.41) is 10.5. The first kappa shape index (κ1) is 24.4. The van der Waals surface area contributed by atoms with Crippen LogP contribution in [0.3, 0.4) is 0 Å². The number of carbonyl (C=O) groups excluding carboxylic acids is 1. The first-order valence-corrected chi connectivity index (χ1v) is 11.3. The van der Waals surface area contributed by atoms with Crippen LogP contribution < -0.4 is 16.2 Å². The Kier molecular flexibility index (Phi) is 8.21. The van der Waals surface area contributed by atoms with Gasteiger partial charge in [0.25, 0.3) is 11.3 Å². The Bertz CT molecular complexity index is 1120. The van der Waals surface area contributed by atoms with Gasteiger partial charge in [-0.25, -0.2) is 4.79 Å². The van der Waals surface area contributed by atoms with E-state index in [1.165, 1.54) is 0 Å². The van der Waals surface area contributed by atoms with Gasteiger partial charge in [-0.15, -0.1) is 0 Å². The molecule has 0 spiro atoms. The van der Waals surface area contributed by atoms with Crippen LogP contribution in [0.5, 0.6) is 0 Å². The number of hydrogen-bond acceptors (Lipinski definition) is 7. The average molecular weight is 456 g/mol. The third kappa shape index (κ3) is 7.15. The Balaban J connectivity index is 1.52. The molecular formula is C24H33N5O4. The van der Waals surface area contributed by atoms with Crippen molar-refractivity contribution in [1.29, 1.82) is 0 Å². The molecule has 1 aromatic carbocycles. The Morgan fingerprint density at radius 2 is 1.85 bits per heavy atom. The van der Waals surface area contributed by atoms with Gasteiger partial charge in [0.1, 0.15) is 16.8 Å². The molecule has 0 fully saturated rings. The first-order valence-electron chi connectivity index (χ1n) is 11.3. The predicted octanol–water partition coefficient (Wildman–Crippen LogP) is 3.18. The van der Waals surface area contributed by atoms with Crippen molar-refractivity contribution in [1.82, 2.24) is 25.3 Å². The Morgan fingerprint density at radius 3 is 2.58 bits per heavy atom. The van der Waals surface area contributed by atoms with Crippen LogP contribution >= 0.6 is 0 Å². The van der Waals surface area contributed by atoms with E-state index in [0.717, 1.165) is 31.5 Å². The van der Waals surface area contributed by atoms with Gasteiger partial charge in [0.2, 0.25) is 0 Å². The summed E-state index contributed by atoms with van der Waals surface area (Å²) >= 11 is 0. The van der Waals surface area contributed by atoms with Crippen LogP contribution in [-0.2, 0) is 17.7 Å². The third-order valence-electron chi connectivity index (χ3n) is 4.98. The van der Waals surface area contributed by atoms with E-state index < -0.39 is 11.7 Å². The number of hydrogen-bond donors (Lipinski definition) is 2. The second-order valence-corrected chi connectivity index (χ2v) is 8.99. The van der Waals surface area contributed by atoms with Gasteiger partial charge in [-0.05, 0) is 59.2 Å². The van der Waals surface area contributed by atoms with Crippen LogP contribution in [0.2, 0.25) is 0 Å². The smallest absolute Gasteiger partial charge is 0.407 e. The normalized spacial score (nSPS) is 11.6. The molecule has 0 bridgehead atoms. The summed E-state index contributed by atoms with van der Waals surface area (Å²) in [5.74, 6) is 0.681. The lowest BCUT2D eigenvalue weighted by molar-refractivity contribution is 0.0527. The number of aryl methyl sites for hydroxylation is 2. The van der Waals surface area contributed by atoms with Crippen molar-refractivity contribution in [2.75, 3.05) is 19.6 Å². The molecule has 0 aliphatic rings. The summed E-state index contributed by atoms with van der Waals surface area (Å²) in [6.07, 6.45) is 1.82. The van der Waals surface area contributed by atoms with E-state index in [-0.39, 0.29) is 11.3 Å². The van der Waals surface area contributed by atoms with Gasteiger partial charge in [0, 0.05) is 13.0 Å². The maximum Gasteiger partial charge on any atom is 0.407 e. The number of ether oxygens (including phenoxy) is 1. The molecular weight excluding hydrogens is 422 g/mol. The summed E-state index contributed by atoms with van der Waals surface area (Å²) in [7, 11) is 0. The number of fused-ring (bicyclic) bond motifs is 1. The van der Waals surface area contributed by atoms with Crippen LogP contribution in [0.4, 0.5) is 4.79 Å². The number of nitrogens with zero attached hydrogens (tertiary/aromatic N) is 3. The number of carbonyl (C=O) groups is 1. The minimum atomic E-state index is -0.495. The van der Waals surface area contributed by atoms with Crippen LogP contribution in [-0.4, -0.2) is 46.0 Å². The number of nitrogens with one attached hydrogen (secondary N) is 2. The molecule has 33 heavy (non-hydrogen) atoms. The van der Waals surface area contributed by atoms with E-state index in [2.05, 4.69) is 20.8 Å². The lowest BCUT2D eigenvalue weighted by Crippen LogP contribution is -2.34. The minimum Gasteiger partial charge on any atom is -0.444 e. The van der Waals surface area contributed by atoms with Crippen LogP contribution in [0, 0.1) is 6.92 Å². The summed E-state index contributed by atoms with van der Waals surface area (Å²) in [6, 6.07) is 9.85. The summed E-state index contributed by atoms with van der Waals surface area (Å²) in [5.41, 5.74) is 1.26. The van der Waals surface area contributed by atoms with Gasteiger partial charge in [-0.2, -0.15) is 4.98 Å². The number of amides is 1. The van der Waals surface area contributed by atoms with Crippen LogP contribution in [0.15, 0.2) is 39.6 Å². The molecule has 0 aliphatic heterocycles. The molecule has 0 unspecified atom stereocenters. The predicted molar refractivity (Wildman–Crippen MR) is 126 cm³/mol. The Labute approximate surface area is 193 Å². The van der Waals surface area contributed by atoms with E-state index in [9.17, 15) is 9.59 Å². The van der Waals surface area contributed by atoms with Crippen molar-refractivity contribution in [2.24, 2.45) is 0 Å². The Hall–Kier alpha value is -3.20. The van der Waals surface area contributed by atoms with Crippen LogP contribution in [0.1, 0.15) is 50.7 Å². The average Bonchev–Trinajstić information content (AvgIpc) is 3.12. The number of alkyl carbamates (subject to hydrolysis) is 1. The minimum absolute atomic E-state index is 0.126. The molecule has 1 amide bonds. The second kappa shape index (κ2) is 11.1. The molecule has 2 N–H and O–H groups in total. The van der Waals surface area contributed by atoms with Gasteiger partial charge in [0.05, 0.1) is 12.2 Å².